The third-order valence-electron chi connectivity index (χ3n) is 2.92. The highest BCUT2D eigenvalue weighted by atomic mass is 35.5. The summed E-state index contributed by atoms with van der Waals surface area (Å²) in [6.45, 7) is 0. The molecule has 106 valence electrons. The number of thioether (sulfide) groups is 1. The van der Waals surface area contributed by atoms with Crippen LogP contribution in [0.25, 0.3) is 5.69 Å². The topological polar surface area (TPSA) is 30.7 Å². The molecule has 3 nitrogen and oxygen atoms in total. The van der Waals surface area contributed by atoms with Crippen molar-refractivity contribution in [1.82, 2.24) is 14.8 Å². The molecule has 6 heteroatoms. The average Bonchev–Trinajstić information content (AvgIpc) is 2.96. The minimum Gasteiger partial charge on any atom is -0.277 e. The molecule has 0 saturated heterocycles. The molecule has 0 aliphatic heterocycles. The van der Waals surface area contributed by atoms with E-state index in [1.165, 1.54) is 17.8 Å². The molecule has 0 saturated carbocycles. The van der Waals surface area contributed by atoms with Gasteiger partial charge in [0.15, 0.2) is 5.16 Å². The van der Waals surface area contributed by atoms with Crippen molar-refractivity contribution in [2.45, 2.75) is 10.9 Å². The van der Waals surface area contributed by atoms with Gasteiger partial charge in [-0.15, -0.1) is 10.2 Å². The summed E-state index contributed by atoms with van der Waals surface area (Å²) in [7, 11) is 0. The number of hydrogen-bond acceptors (Lipinski definition) is 3. The molecule has 0 bridgehead atoms. The summed E-state index contributed by atoms with van der Waals surface area (Å²) in [6.07, 6.45) is 1.65. The molecule has 0 unspecified atom stereocenters. The van der Waals surface area contributed by atoms with E-state index in [2.05, 4.69) is 10.2 Å². The van der Waals surface area contributed by atoms with Gasteiger partial charge in [-0.05, 0) is 29.8 Å². The van der Waals surface area contributed by atoms with Gasteiger partial charge in [0.1, 0.15) is 12.1 Å². The van der Waals surface area contributed by atoms with Gasteiger partial charge in [-0.1, -0.05) is 47.6 Å². The van der Waals surface area contributed by atoms with Crippen molar-refractivity contribution in [3.63, 3.8) is 0 Å². The van der Waals surface area contributed by atoms with E-state index in [9.17, 15) is 4.39 Å². The van der Waals surface area contributed by atoms with Crippen LogP contribution in [0.3, 0.4) is 0 Å². The van der Waals surface area contributed by atoms with E-state index >= 15 is 0 Å². The quantitative estimate of drug-likeness (QED) is 0.670. The molecule has 0 aliphatic rings. The molecule has 1 aromatic heterocycles. The zero-order chi connectivity index (χ0) is 14.7. The van der Waals surface area contributed by atoms with Crippen molar-refractivity contribution in [2.75, 3.05) is 0 Å². The highest BCUT2D eigenvalue weighted by Gasteiger charge is 2.09. The molecule has 21 heavy (non-hydrogen) atoms. The van der Waals surface area contributed by atoms with E-state index in [1.54, 1.807) is 18.5 Å². The van der Waals surface area contributed by atoms with Gasteiger partial charge >= 0.3 is 0 Å². The van der Waals surface area contributed by atoms with Crippen LogP contribution < -0.4 is 0 Å². The van der Waals surface area contributed by atoms with Gasteiger partial charge in [0.25, 0.3) is 0 Å². The molecule has 0 spiro atoms. The zero-order valence-electron chi connectivity index (χ0n) is 10.9. The first kappa shape index (κ1) is 14.1. The molecule has 3 aromatic rings. The van der Waals surface area contributed by atoms with Gasteiger partial charge in [-0.2, -0.15) is 0 Å². The summed E-state index contributed by atoms with van der Waals surface area (Å²) in [6, 6.07) is 14.5. The second kappa shape index (κ2) is 6.28. The maximum absolute atomic E-state index is 13.8. The molecule has 0 N–H and O–H groups in total. The Morgan fingerprint density at radius 2 is 1.95 bits per heavy atom. The van der Waals surface area contributed by atoms with Crippen LogP contribution in [0.2, 0.25) is 5.02 Å². The number of rotatable bonds is 4. The molecule has 0 atom stereocenters. The Morgan fingerprint density at radius 1 is 1.14 bits per heavy atom. The van der Waals surface area contributed by atoms with Crippen molar-refractivity contribution in [2.24, 2.45) is 0 Å². The van der Waals surface area contributed by atoms with Gasteiger partial charge in [0, 0.05) is 16.5 Å². The number of nitrogens with zero attached hydrogens (tertiary/aromatic N) is 3. The first-order valence-electron chi connectivity index (χ1n) is 6.26. The summed E-state index contributed by atoms with van der Waals surface area (Å²) < 4.78 is 15.6. The van der Waals surface area contributed by atoms with Crippen LogP contribution >= 0.6 is 23.4 Å². The first-order chi connectivity index (χ1) is 10.2. The van der Waals surface area contributed by atoms with Gasteiger partial charge in [0.2, 0.25) is 0 Å². The van der Waals surface area contributed by atoms with Crippen LogP contribution in [0.15, 0.2) is 60.0 Å². The highest BCUT2D eigenvalue weighted by molar-refractivity contribution is 7.98. The lowest BCUT2D eigenvalue weighted by molar-refractivity contribution is 0.617. The Bertz CT molecular complexity index is 746. The third kappa shape index (κ3) is 3.25. The largest absolute Gasteiger partial charge is 0.277 e. The Balaban J connectivity index is 1.79. The van der Waals surface area contributed by atoms with Gasteiger partial charge < -0.3 is 0 Å². The van der Waals surface area contributed by atoms with Crippen molar-refractivity contribution >= 4 is 23.4 Å². The predicted octanol–water partition coefficient (Wildman–Crippen LogP) is 4.35. The van der Waals surface area contributed by atoms with E-state index in [1.807, 2.05) is 34.9 Å². The van der Waals surface area contributed by atoms with Crippen LogP contribution in [0, 0.1) is 5.82 Å². The van der Waals surface area contributed by atoms with Crippen molar-refractivity contribution in [1.29, 1.82) is 0 Å². The molecule has 2 aromatic carbocycles. The minimum atomic E-state index is -0.305. The number of para-hydroxylation sites is 1. The molecular formula is C15H11ClFN3S. The van der Waals surface area contributed by atoms with E-state index in [4.69, 9.17) is 11.6 Å². The van der Waals surface area contributed by atoms with Gasteiger partial charge in [-0.3, -0.25) is 4.57 Å². The second-order valence-corrected chi connectivity index (χ2v) is 5.72. The van der Waals surface area contributed by atoms with Crippen molar-refractivity contribution in [3.8, 4) is 5.69 Å². The standard InChI is InChI=1S/C15H11ClFN3S/c16-12-7-6-11(14(17)8-12)9-21-15-19-18-10-20(15)13-4-2-1-3-5-13/h1-8,10H,9H2. The lowest BCUT2D eigenvalue weighted by Crippen LogP contribution is -1.95. The molecule has 0 fully saturated rings. The molecular weight excluding hydrogens is 309 g/mol. The summed E-state index contributed by atoms with van der Waals surface area (Å²) in [5, 5.41) is 9.12. The first-order valence-corrected chi connectivity index (χ1v) is 7.62. The Kier molecular flexibility index (Phi) is 4.22. The fraction of sp³-hybridized carbons (Fsp3) is 0.0667. The number of halogens is 2. The molecule has 1 heterocycles. The maximum Gasteiger partial charge on any atom is 0.195 e. The summed E-state index contributed by atoms with van der Waals surface area (Å²) >= 11 is 7.18. The van der Waals surface area contributed by atoms with E-state index in [0.29, 0.717) is 16.3 Å². The van der Waals surface area contributed by atoms with E-state index in [0.717, 1.165) is 10.8 Å². The van der Waals surface area contributed by atoms with Gasteiger partial charge in [0.05, 0.1) is 0 Å². The Hall–Kier alpha value is -1.85. The molecule has 0 amide bonds. The summed E-state index contributed by atoms with van der Waals surface area (Å²) in [4.78, 5) is 0. The van der Waals surface area contributed by atoms with Crippen LogP contribution in [0.4, 0.5) is 4.39 Å². The predicted molar refractivity (Wildman–Crippen MR) is 82.3 cm³/mol. The number of benzene rings is 2. The summed E-state index contributed by atoms with van der Waals surface area (Å²) in [5.41, 5.74) is 1.56. The van der Waals surface area contributed by atoms with Crippen molar-refractivity contribution in [3.05, 3.63) is 71.3 Å². The Labute approximate surface area is 130 Å². The fourth-order valence-corrected chi connectivity index (χ4v) is 2.94. The highest BCUT2D eigenvalue weighted by Crippen LogP contribution is 2.25. The monoisotopic (exact) mass is 319 g/mol. The third-order valence-corrected chi connectivity index (χ3v) is 4.15. The van der Waals surface area contributed by atoms with Crippen LogP contribution in [-0.4, -0.2) is 14.8 Å². The molecule has 0 aliphatic carbocycles. The van der Waals surface area contributed by atoms with E-state index < -0.39 is 0 Å². The fourth-order valence-electron chi connectivity index (χ4n) is 1.87. The molecule has 3 rings (SSSR count). The van der Waals surface area contributed by atoms with E-state index in [-0.39, 0.29) is 5.82 Å². The number of aromatic nitrogens is 3. The van der Waals surface area contributed by atoms with Crippen LogP contribution in [0.5, 0.6) is 0 Å². The maximum atomic E-state index is 13.8. The van der Waals surface area contributed by atoms with Gasteiger partial charge in [-0.25, -0.2) is 4.39 Å². The van der Waals surface area contributed by atoms with Crippen LogP contribution in [0.1, 0.15) is 5.56 Å². The minimum absolute atomic E-state index is 0.305. The lowest BCUT2D eigenvalue weighted by atomic mass is 10.2. The summed E-state index contributed by atoms with van der Waals surface area (Å²) in [5.74, 6) is 0.162. The normalized spacial score (nSPS) is 10.8. The Morgan fingerprint density at radius 3 is 2.71 bits per heavy atom. The number of hydrogen-bond donors (Lipinski definition) is 0. The molecule has 0 radical (unpaired) electrons. The van der Waals surface area contributed by atoms with Crippen LogP contribution in [-0.2, 0) is 5.75 Å². The second-order valence-electron chi connectivity index (χ2n) is 4.34. The smallest absolute Gasteiger partial charge is 0.195 e. The van der Waals surface area contributed by atoms with Crippen molar-refractivity contribution < 1.29 is 4.39 Å². The lowest BCUT2D eigenvalue weighted by Gasteiger charge is -2.06. The SMILES string of the molecule is Fc1cc(Cl)ccc1CSc1nncn1-c1ccccc1. The average molecular weight is 320 g/mol. The zero-order valence-corrected chi connectivity index (χ0v) is 12.5.